The number of aromatic amines is 1. The van der Waals surface area contributed by atoms with Crippen molar-refractivity contribution in [3.63, 3.8) is 0 Å². The number of carbonyl (C=O) groups excluding carboxylic acids is 1. The van der Waals surface area contributed by atoms with Crippen LogP contribution in [0.3, 0.4) is 0 Å². The van der Waals surface area contributed by atoms with E-state index in [9.17, 15) is 9.90 Å². The van der Waals surface area contributed by atoms with Gasteiger partial charge in [0.05, 0.1) is 0 Å². The van der Waals surface area contributed by atoms with E-state index in [1.54, 1.807) is 30.3 Å². The minimum Gasteiger partial charge on any atom is -0.363 e. The van der Waals surface area contributed by atoms with Gasteiger partial charge in [-0.2, -0.15) is 0 Å². The number of fused-ring (bicyclic) bond motifs is 1. The van der Waals surface area contributed by atoms with E-state index in [1.165, 1.54) is 0 Å². The fourth-order valence-electron chi connectivity index (χ4n) is 2.93. The van der Waals surface area contributed by atoms with Gasteiger partial charge in [0.1, 0.15) is 0 Å². The van der Waals surface area contributed by atoms with Crippen molar-refractivity contribution in [3.8, 4) is 11.1 Å². The molecule has 0 saturated heterocycles. The predicted molar refractivity (Wildman–Crippen MR) is 104 cm³/mol. The maximum atomic E-state index is 12.0. The highest BCUT2D eigenvalue weighted by atomic mass is 16.7. The lowest BCUT2D eigenvalue weighted by Gasteiger charge is -2.14. The van der Waals surface area contributed by atoms with Crippen LogP contribution < -0.4 is 5.48 Å². The molecule has 1 amide bonds. The first-order valence-corrected chi connectivity index (χ1v) is 8.57. The second-order valence-corrected chi connectivity index (χ2v) is 6.17. The first-order chi connectivity index (χ1) is 13.2. The number of nitrogens with one attached hydrogen (secondary N) is 2. The Morgan fingerprint density at radius 2 is 1.74 bits per heavy atom. The van der Waals surface area contributed by atoms with E-state index in [-0.39, 0.29) is 0 Å². The molecule has 3 aromatic carbocycles. The third kappa shape index (κ3) is 3.74. The summed E-state index contributed by atoms with van der Waals surface area (Å²) in [6.07, 6.45) is 0.631. The largest absolute Gasteiger partial charge is 0.363 e. The predicted octanol–water partition coefficient (Wildman–Crippen LogP) is 4.19. The minimum absolute atomic E-state index is 0.413. The van der Waals surface area contributed by atoms with Crippen LogP contribution >= 0.6 is 0 Å². The zero-order chi connectivity index (χ0) is 18.6. The van der Waals surface area contributed by atoms with E-state index in [1.807, 2.05) is 48.7 Å². The molecule has 0 saturated carbocycles. The summed E-state index contributed by atoms with van der Waals surface area (Å²) in [5.74, 6) is -0.413. The normalized spacial score (nSPS) is 12.0. The molecular formula is C22H18N2O3. The van der Waals surface area contributed by atoms with Crippen molar-refractivity contribution in [3.05, 3.63) is 96.2 Å². The van der Waals surface area contributed by atoms with Crippen LogP contribution in [0.4, 0.5) is 0 Å². The first kappa shape index (κ1) is 17.0. The summed E-state index contributed by atoms with van der Waals surface area (Å²) >= 11 is 0. The van der Waals surface area contributed by atoms with Gasteiger partial charge in [0.25, 0.3) is 5.91 Å². The number of hydroxylamine groups is 1. The summed E-state index contributed by atoms with van der Waals surface area (Å²) in [5, 5.41) is 11.4. The fourth-order valence-corrected chi connectivity index (χ4v) is 2.93. The van der Waals surface area contributed by atoms with Crippen LogP contribution in [0.2, 0.25) is 0 Å². The lowest BCUT2D eigenvalue weighted by Crippen LogP contribution is -2.26. The Morgan fingerprint density at radius 1 is 0.926 bits per heavy atom. The summed E-state index contributed by atoms with van der Waals surface area (Å²) in [6.45, 7) is 0. The Kier molecular flexibility index (Phi) is 4.70. The molecule has 0 aliphatic heterocycles. The number of H-pyrrole nitrogens is 1. The molecule has 0 aliphatic rings. The molecule has 4 rings (SSSR count). The van der Waals surface area contributed by atoms with Gasteiger partial charge >= 0.3 is 0 Å². The third-order valence-electron chi connectivity index (χ3n) is 4.36. The monoisotopic (exact) mass is 358 g/mol. The van der Waals surface area contributed by atoms with Gasteiger partial charge in [0.15, 0.2) is 0 Å². The number of rotatable bonds is 5. The smallest absolute Gasteiger partial charge is 0.274 e. The van der Waals surface area contributed by atoms with Gasteiger partial charge < -0.3 is 10.1 Å². The standard InChI is InChI=1S/C22H18N2O3/c25-21(15-5-2-1-3-6-15)24-27-22(26)19-8-4-7-16(14-19)17-9-10-20-18(13-17)11-12-23-20/h1-14,22-23,26H,(H,24,25). The third-order valence-corrected chi connectivity index (χ3v) is 4.36. The molecule has 1 atom stereocenters. The Labute approximate surface area is 156 Å². The van der Waals surface area contributed by atoms with Gasteiger partial charge in [-0.3, -0.25) is 4.79 Å². The molecule has 0 bridgehead atoms. The van der Waals surface area contributed by atoms with E-state index < -0.39 is 12.2 Å². The number of benzene rings is 3. The van der Waals surface area contributed by atoms with Crippen LogP contribution in [-0.4, -0.2) is 16.0 Å². The lowest BCUT2D eigenvalue weighted by atomic mass is 10.0. The second kappa shape index (κ2) is 7.45. The molecule has 134 valence electrons. The molecule has 0 fully saturated rings. The molecule has 1 aromatic heterocycles. The van der Waals surface area contributed by atoms with E-state index in [0.29, 0.717) is 11.1 Å². The molecule has 1 heterocycles. The molecule has 5 nitrogen and oxygen atoms in total. The summed E-state index contributed by atoms with van der Waals surface area (Å²) in [5.41, 5.74) is 6.35. The molecule has 1 unspecified atom stereocenters. The van der Waals surface area contributed by atoms with Crippen LogP contribution in [0.5, 0.6) is 0 Å². The number of aliphatic hydroxyl groups is 1. The van der Waals surface area contributed by atoms with Crippen molar-refractivity contribution in [2.45, 2.75) is 6.29 Å². The highest BCUT2D eigenvalue weighted by Crippen LogP contribution is 2.26. The Hall–Kier alpha value is -3.41. The van der Waals surface area contributed by atoms with E-state index in [2.05, 4.69) is 16.5 Å². The van der Waals surface area contributed by atoms with Crippen molar-refractivity contribution in [1.29, 1.82) is 0 Å². The molecular weight excluding hydrogens is 340 g/mol. The van der Waals surface area contributed by atoms with Crippen molar-refractivity contribution >= 4 is 16.8 Å². The zero-order valence-electron chi connectivity index (χ0n) is 14.4. The van der Waals surface area contributed by atoms with Crippen LogP contribution in [0.25, 0.3) is 22.0 Å². The summed E-state index contributed by atoms with van der Waals surface area (Å²) in [4.78, 5) is 20.3. The number of aromatic nitrogens is 1. The van der Waals surface area contributed by atoms with E-state index >= 15 is 0 Å². The highest BCUT2D eigenvalue weighted by molar-refractivity contribution is 5.93. The average molecular weight is 358 g/mol. The Morgan fingerprint density at radius 3 is 2.59 bits per heavy atom. The molecule has 5 heteroatoms. The molecule has 0 radical (unpaired) electrons. The van der Waals surface area contributed by atoms with Gasteiger partial charge in [-0.1, -0.05) is 42.5 Å². The topological polar surface area (TPSA) is 74.3 Å². The SMILES string of the molecule is O=C(NOC(O)c1cccc(-c2ccc3[nH]ccc3c2)c1)c1ccccc1. The number of amides is 1. The maximum absolute atomic E-state index is 12.0. The van der Waals surface area contributed by atoms with Gasteiger partial charge in [0.2, 0.25) is 6.29 Å². The van der Waals surface area contributed by atoms with Crippen molar-refractivity contribution in [2.24, 2.45) is 0 Å². The zero-order valence-corrected chi connectivity index (χ0v) is 14.4. The fraction of sp³-hybridized carbons (Fsp3) is 0.0455. The number of carbonyl (C=O) groups is 1. The lowest BCUT2D eigenvalue weighted by molar-refractivity contribution is -0.138. The minimum atomic E-state index is -1.27. The highest BCUT2D eigenvalue weighted by Gasteiger charge is 2.12. The summed E-state index contributed by atoms with van der Waals surface area (Å²) < 4.78 is 0. The molecule has 3 N–H and O–H groups in total. The van der Waals surface area contributed by atoms with Crippen LogP contribution in [-0.2, 0) is 4.84 Å². The van der Waals surface area contributed by atoms with Crippen molar-refractivity contribution in [2.75, 3.05) is 0 Å². The quantitative estimate of drug-likeness (QED) is 0.370. The molecule has 27 heavy (non-hydrogen) atoms. The van der Waals surface area contributed by atoms with Crippen LogP contribution in [0, 0.1) is 0 Å². The number of aliphatic hydroxyl groups excluding tert-OH is 1. The van der Waals surface area contributed by atoms with E-state index in [4.69, 9.17) is 4.84 Å². The molecule has 4 aromatic rings. The Balaban J connectivity index is 1.49. The van der Waals surface area contributed by atoms with Crippen molar-refractivity contribution < 1.29 is 14.7 Å². The Bertz CT molecular complexity index is 1070. The van der Waals surface area contributed by atoms with Gasteiger partial charge in [-0.15, -0.1) is 0 Å². The van der Waals surface area contributed by atoms with Crippen LogP contribution in [0.15, 0.2) is 85.1 Å². The van der Waals surface area contributed by atoms with Crippen molar-refractivity contribution in [1.82, 2.24) is 10.5 Å². The van der Waals surface area contributed by atoms with Crippen LogP contribution in [0.1, 0.15) is 22.2 Å². The van der Waals surface area contributed by atoms with Gasteiger partial charge in [0, 0.05) is 22.8 Å². The van der Waals surface area contributed by atoms with E-state index in [0.717, 1.165) is 22.0 Å². The summed E-state index contributed by atoms with van der Waals surface area (Å²) in [7, 11) is 0. The number of hydrogen-bond donors (Lipinski definition) is 3. The van der Waals surface area contributed by atoms with Gasteiger partial charge in [-0.05, 0) is 52.9 Å². The second-order valence-electron chi connectivity index (χ2n) is 6.17. The molecule has 0 aliphatic carbocycles. The maximum Gasteiger partial charge on any atom is 0.274 e. The number of hydrogen-bond acceptors (Lipinski definition) is 3. The summed E-state index contributed by atoms with van der Waals surface area (Å²) in [6, 6.07) is 24.2. The average Bonchev–Trinajstić information content (AvgIpc) is 3.20. The molecule has 0 spiro atoms. The first-order valence-electron chi connectivity index (χ1n) is 8.57. The van der Waals surface area contributed by atoms with Gasteiger partial charge in [-0.25, -0.2) is 10.3 Å².